The molecule has 1 N–H and O–H groups in total. The van der Waals surface area contributed by atoms with Crippen LogP contribution in [-0.2, 0) is 9.59 Å². The summed E-state index contributed by atoms with van der Waals surface area (Å²) in [4.78, 5) is 24.6. The lowest BCUT2D eigenvalue weighted by Gasteiger charge is -2.12. The smallest absolute Gasteiger partial charge is 0.329 e. The summed E-state index contributed by atoms with van der Waals surface area (Å²) in [7, 11) is 0. The normalized spacial score (nSPS) is 14.9. The molecule has 0 atom stereocenters. The first-order valence-electron chi connectivity index (χ1n) is 6.05. The van der Waals surface area contributed by atoms with E-state index in [1.165, 1.54) is 35.4 Å². The Bertz CT molecular complexity index is 493. The Balaban J connectivity index is 1.85. The van der Waals surface area contributed by atoms with Crippen LogP contribution in [0.15, 0.2) is 29.4 Å². The zero-order chi connectivity index (χ0) is 13.7. The van der Waals surface area contributed by atoms with E-state index < -0.39 is 11.8 Å². The summed E-state index contributed by atoms with van der Waals surface area (Å²) in [5.41, 5.74) is 2.80. The standard InChI is InChI=1S/C13H14FN3O2/c14-11-5-3-10(4-6-11)9-15-16-12(18)13(19)17-7-1-2-8-17/h3-6,9H,1-2,7-8H2,(H,16,18)/b15-9+. The van der Waals surface area contributed by atoms with Crippen LogP contribution in [0.4, 0.5) is 4.39 Å². The van der Waals surface area contributed by atoms with Crippen LogP contribution >= 0.6 is 0 Å². The summed E-state index contributed by atoms with van der Waals surface area (Å²) in [5, 5.41) is 3.67. The molecule has 0 radical (unpaired) electrons. The third-order valence-corrected chi connectivity index (χ3v) is 2.84. The van der Waals surface area contributed by atoms with Crippen LogP contribution in [0.2, 0.25) is 0 Å². The molecule has 100 valence electrons. The van der Waals surface area contributed by atoms with Gasteiger partial charge in [0.1, 0.15) is 5.82 Å². The van der Waals surface area contributed by atoms with Crippen LogP contribution in [0.3, 0.4) is 0 Å². The van der Waals surface area contributed by atoms with Gasteiger partial charge in [-0.25, -0.2) is 9.82 Å². The number of benzene rings is 1. The molecule has 0 unspecified atom stereocenters. The molecule has 5 nitrogen and oxygen atoms in total. The number of rotatable bonds is 2. The molecule has 1 aromatic rings. The van der Waals surface area contributed by atoms with Crippen molar-refractivity contribution in [3.63, 3.8) is 0 Å². The Labute approximate surface area is 110 Å². The number of nitrogens with one attached hydrogen (secondary N) is 1. The van der Waals surface area contributed by atoms with Crippen molar-refractivity contribution in [1.29, 1.82) is 0 Å². The number of amides is 2. The van der Waals surface area contributed by atoms with Gasteiger partial charge in [-0.15, -0.1) is 0 Å². The van der Waals surface area contributed by atoms with Gasteiger partial charge in [-0.05, 0) is 30.5 Å². The predicted molar refractivity (Wildman–Crippen MR) is 68.0 cm³/mol. The van der Waals surface area contributed by atoms with E-state index in [2.05, 4.69) is 10.5 Å². The van der Waals surface area contributed by atoms with Gasteiger partial charge in [0.05, 0.1) is 6.21 Å². The lowest BCUT2D eigenvalue weighted by atomic mass is 10.2. The Kier molecular flexibility index (Phi) is 4.22. The number of nitrogens with zero attached hydrogens (tertiary/aromatic N) is 2. The number of likely N-dealkylation sites (tertiary alicyclic amines) is 1. The summed E-state index contributed by atoms with van der Waals surface area (Å²) < 4.78 is 12.7. The van der Waals surface area contributed by atoms with Gasteiger partial charge < -0.3 is 4.90 Å². The van der Waals surface area contributed by atoms with Crippen molar-refractivity contribution >= 4 is 18.0 Å². The molecule has 1 aromatic carbocycles. The maximum atomic E-state index is 12.7. The molecule has 2 amide bonds. The fraction of sp³-hybridized carbons (Fsp3) is 0.308. The molecule has 19 heavy (non-hydrogen) atoms. The monoisotopic (exact) mass is 263 g/mol. The number of carbonyl (C=O) groups excluding carboxylic acids is 2. The summed E-state index contributed by atoms with van der Waals surface area (Å²) in [6.45, 7) is 1.24. The summed E-state index contributed by atoms with van der Waals surface area (Å²) in [6, 6.07) is 5.62. The van der Waals surface area contributed by atoms with E-state index in [0.29, 0.717) is 18.7 Å². The zero-order valence-corrected chi connectivity index (χ0v) is 10.3. The molecule has 6 heteroatoms. The number of hydrogen-bond donors (Lipinski definition) is 1. The SMILES string of the molecule is O=C(N/N=C/c1ccc(F)cc1)C(=O)N1CCCC1. The molecule has 2 rings (SSSR count). The first-order chi connectivity index (χ1) is 9.16. The second-order valence-electron chi connectivity index (χ2n) is 4.25. The molecule has 0 spiro atoms. The molecule has 1 aliphatic rings. The fourth-order valence-electron chi connectivity index (χ4n) is 1.83. The Hall–Kier alpha value is -2.24. The highest BCUT2D eigenvalue weighted by Gasteiger charge is 2.23. The molecule has 1 aliphatic heterocycles. The molecular weight excluding hydrogens is 249 g/mol. The van der Waals surface area contributed by atoms with Crippen LogP contribution in [0.1, 0.15) is 18.4 Å². The van der Waals surface area contributed by atoms with Crippen LogP contribution < -0.4 is 5.43 Å². The van der Waals surface area contributed by atoms with Gasteiger partial charge in [0, 0.05) is 13.1 Å². The minimum Gasteiger partial charge on any atom is -0.334 e. The van der Waals surface area contributed by atoms with Crippen LogP contribution in [0.5, 0.6) is 0 Å². The summed E-state index contributed by atoms with van der Waals surface area (Å²) in [6.07, 6.45) is 3.21. The maximum absolute atomic E-state index is 12.7. The van der Waals surface area contributed by atoms with E-state index in [1.807, 2.05) is 0 Å². The molecule has 0 aliphatic carbocycles. The molecular formula is C13H14FN3O2. The fourth-order valence-corrected chi connectivity index (χ4v) is 1.83. The van der Waals surface area contributed by atoms with Crippen molar-refractivity contribution in [3.05, 3.63) is 35.6 Å². The average Bonchev–Trinajstić information content (AvgIpc) is 2.94. The van der Waals surface area contributed by atoms with Crippen molar-refractivity contribution in [1.82, 2.24) is 10.3 Å². The largest absolute Gasteiger partial charge is 0.334 e. The van der Waals surface area contributed by atoms with Gasteiger partial charge in [-0.1, -0.05) is 12.1 Å². The molecule has 0 bridgehead atoms. The highest BCUT2D eigenvalue weighted by molar-refractivity contribution is 6.35. The van der Waals surface area contributed by atoms with Crippen LogP contribution in [0, 0.1) is 5.82 Å². The lowest BCUT2D eigenvalue weighted by Crippen LogP contribution is -2.39. The summed E-state index contributed by atoms with van der Waals surface area (Å²) >= 11 is 0. The Morgan fingerprint density at radius 3 is 2.47 bits per heavy atom. The second kappa shape index (κ2) is 6.08. The van der Waals surface area contributed by atoms with Gasteiger partial charge >= 0.3 is 11.8 Å². The van der Waals surface area contributed by atoms with Gasteiger partial charge in [0.15, 0.2) is 0 Å². The minimum absolute atomic E-state index is 0.342. The Morgan fingerprint density at radius 1 is 1.21 bits per heavy atom. The van der Waals surface area contributed by atoms with Crippen molar-refractivity contribution in [3.8, 4) is 0 Å². The van der Waals surface area contributed by atoms with Crippen LogP contribution in [-0.4, -0.2) is 36.0 Å². The van der Waals surface area contributed by atoms with E-state index >= 15 is 0 Å². The number of halogens is 1. The number of carbonyl (C=O) groups is 2. The second-order valence-corrected chi connectivity index (χ2v) is 4.25. The Morgan fingerprint density at radius 2 is 1.84 bits per heavy atom. The predicted octanol–water partition coefficient (Wildman–Crippen LogP) is 0.898. The van der Waals surface area contributed by atoms with Crippen molar-refractivity contribution in [2.24, 2.45) is 5.10 Å². The van der Waals surface area contributed by atoms with E-state index in [1.54, 1.807) is 0 Å². The number of hydrazone groups is 1. The third-order valence-electron chi connectivity index (χ3n) is 2.84. The van der Waals surface area contributed by atoms with Crippen molar-refractivity contribution < 1.29 is 14.0 Å². The lowest BCUT2D eigenvalue weighted by molar-refractivity contribution is -0.145. The molecule has 1 saturated heterocycles. The first-order valence-corrected chi connectivity index (χ1v) is 6.05. The number of hydrogen-bond acceptors (Lipinski definition) is 3. The van der Waals surface area contributed by atoms with Crippen LogP contribution in [0.25, 0.3) is 0 Å². The zero-order valence-electron chi connectivity index (χ0n) is 10.3. The molecule has 0 aromatic heterocycles. The summed E-state index contributed by atoms with van der Waals surface area (Å²) in [5.74, 6) is -1.65. The van der Waals surface area contributed by atoms with E-state index in [9.17, 15) is 14.0 Å². The van der Waals surface area contributed by atoms with E-state index in [4.69, 9.17) is 0 Å². The molecule has 0 saturated carbocycles. The minimum atomic E-state index is -0.750. The van der Waals surface area contributed by atoms with Gasteiger partial charge in [-0.3, -0.25) is 9.59 Å². The van der Waals surface area contributed by atoms with Gasteiger partial charge in [0.2, 0.25) is 0 Å². The van der Waals surface area contributed by atoms with Crippen molar-refractivity contribution in [2.75, 3.05) is 13.1 Å². The van der Waals surface area contributed by atoms with Crippen molar-refractivity contribution in [2.45, 2.75) is 12.8 Å². The van der Waals surface area contributed by atoms with E-state index in [0.717, 1.165) is 12.8 Å². The first kappa shape index (κ1) is 13.2. The topological polar surface area (TPSA) is 61.8 Å². The highest BCUT2D eigenvalue weighted by Crippen LogP contribution is 2.07. The average molecular weight is 263 g/mol. The molecule has 1 fully saturated rings. The van der Waals surface area contributed by atoms with Gasteiger partial charge in [-0.2, -0.15) is 5.10 Å². The highest BCUT2D eigenvalue weighted by atomic mass is 19.1. The quantitative estimate of drug-likeness (QED) is 0.489. The van der Waals surface area contributed by atoms with E-state index in [-0.39, 0.29) is 5.82 Å². The third kappa shape index (κ3) is 3.61. The molecule has 1 heterocycles. The maximum Gasteiger partial charge on any atom is 0.329 e. The van der Waals surface area contributed by atoms with Gasteiger partial charge in [0.25, 0.3) is 0 Å².